The average molecular weight is 490 g/mol. The second kappa shape index (κ2) is 12.3. The second-order valence-corrected chi connectivity index (χ2v) is 5.95. The number of aliphatic imine (C=N–C) groups is 1. The number of nitro groups is 1. The van der Waals surface area contributed by atoms with Crippen LogP contribution in [0.25, 0.3) is 0 Å². The largest absolute Gasteiger partial charge is 0.378 e. The Bertz CT molecular complexity index is 651. The summed E-state index contributed by atoms with van der Waals surface area (Å²) in [6.07, 6.45) is 1.99. The molecule has 2 rings (SSSR count). The number of halogens is 1. The fourth-order valence-electron chi connectivity index (χ4n) is 2.34. The SMILES string of the molecule is CCNC(=NCCNc1ccccc1[N+](=O)[O-])NCCNC(=O)C1CC1.I. The lowest BCUT2D eigenvalue weighted by atomic mass is 10.2. The molecular formula is C17H27IN6O3. The first-order chi connectivity index (χ1) is 12.6. The normalized spacial score (nSPS) is 13.3. The van der Waals surface area contributed by atoms with Crippen molar-refractivity contribution in [2.45, 2.75) is 19.8 Å². The van der Waals surface area contributed by atoms with Gasteiger partial charge in [0.1, 0.15) is 5.69 Å². The van der Waals surface area contributed by atoms with Crippen molar-refractivity contribution in [3.05, 3.63) is 34.4 Å². The number of guanidine groups is 1. The third-order valence-electron chi connectivity index (χ3n) is 3.81. The number of carbonyl (C=O) groups excluding carboxylic acids is 1. The first-order valence-electron chi connectivity index (χ1n) is 8.89. The van der Waals surface area contributed by atoms with E-state index < -0.39 is 4.92 Å². The lowest BCUT2D eigenvalue weighted by Crippen LogP contribution is -2.42. The Kier molecular flexibility index (Phi) is 10.5. The van der Waals surface area contributed by atoms with Crippen LogP contribution in [0.1, 0.15) is 19.8 Å². The Labute approximate surface area is 175 Å². The van der Waals surface area contributed by atoms with Crippen molar-refractivity contribution >= 4 is 47.2 Å². The van der Waals surface area contributed by atoms with Crippen LogP contribution < -0.4 is 21.3 Å². The number of benzene rings is 1. The molecule has 1 saturated carbocycles. The first kappa shape index (κ1) is 22.9. The summed E-state index contributed by atoms with van der Waals surface area (Å²) in [4.78, 5) is 26.5. The minimum Gasteiger partial charge on any atom is -0.378 e. The van der Waals surface area contributed by atoms with Crippen molar-refractivity contribution in [2.75, 3.05) is 38.0 Å². The molecule has 0 spiro atoms. The Balaban J connectivity index is 0.00000364. The predicted octanol–water partition coefficient (Wildman–Crippen LogP) is 1.71. The van der Waals surface area contributed by atoms with Gasteiger partial charge in [-0.25, -0.2) is 0 Å². The quantitative estimate of drug-likeness (QED) is 0.0990. The highest BCUT2D eigenvalue weighted by molar-refractivity contribution is 14.0. The number of para-hydroxylation sites is 2. The second-order valence-electron chi connectivity index (χ2n) is 5.95. The van der Waals surface area contributed by atoms with Gasteiger partial charge >= 0.3 is 0 Å². The molecule has 0 bridgehead atoms. The number of carbonyl (C=O) groups is 1. The minimum absolute atomic E-state index is 0. The summed E-state index contributed by atoms with van der Waals surface area (Å²) in [5.41, 5.74) is 0.529. The van der Waals surface area contributed by atoms with Gasteiger partial charge in [-0.05, 0) is 25.8 Å². The van der Waals surface area contributed by atoms with E-state index in [1.165, 1.54) is 6.07 Å². The van der Waals surface area contributed by atoms with Gasteiger partial charge in [-0.15, -0.1) is 24.0 Å². The monoisotopic (exact) mass is 490 g/mol. The highest BCUT2D eigenvalue weighted by Crippen LogP contribution is 2.28. The molecule has 1 fully saturated rings. The zero-order chi connectivity index (χ0) is 18.8. The van der Waals surface area contributed by atoms with Crippen LogP contribution in [0.5, 0.6) is 0 Å². The van der Waals surface area contributed by atoms with Gasteiger partial charge in [0.05, 0.1) is 11.5 Å². The minimum atomic E-state index is -0.410. The molecule has 10 heteroatoms. The average Bonchev–Trinajstić information content (AvgIpc) is 3.47. The van der Waals surface area contributed by atoms with E-state index in [4.69, 9.17) is 0 Å². The number of nitrogens with zero attached hydrogens (tertiary/aromatic N) is 2. The smallest absolute Gasteiger partial charge is 0.292 e. The molecule has 0 aliphatic heterocycles. The van der Waals surface area contributed by atoms with Crippen LogP contribution in [-0.4, -0.2) is 49.5 Å². The molecule has 150 valence electrons. The zero-order valence-corrected chi connectivity index (χ0v) is 17.7. The zero-order valence-electron chi connectivity index (χ0n) is 15.4. The Morgan fingerprint density at radius 1 is 1.19 bits per heavy atom. The van der Waals surface area contributed by atoms with Gasteiger partial charge in [-0.2, -0.15) is 0 Å². The van der Waals surface area contributed by atoms with Gasteiger partial charge in [0.15, 0.2) is 5.96 Å². The highest BCUT2D eigenvalue weighted by Gasteiger charge is 2.28. The molecule has 0 aromatic heterocycles. The van der Waals surface area contributed by atoms with Crippen LogP contribution >= 0.6 is 24.0 Å². The molecule has 0 saturated heterocycles. The van der Waals surface area contributed by atoms with E-state index in [1.54, 1.807) is 18.2 Å². The van der Waals surface area contributed by atoms with Gasteiger partial charge in [0.2, 0.25) is 5.91 Å². The molecule has 0 heterocycles. The molecule has 1 amide bonds. The third kappa shape index (κ3) is 8.41. The molecule has 27 heavy (non-hydrogen) atoms. The van der Waals surface area contributed by atoms with E-state index in [0.29, 0.717) is 37.8 Å². The lowest BCUT2D eigenvalue weighted by molar-refractivity contribution is -0.384. The molecular weight excluding hydrogens is 463 g/mol. The highest BCUT2D eigenvalue weighted by atomic mass is 127. The summed E-state index contributed by atoms with van der Waals surface area (Å²) >= 11 is 0. The number of nitro benzene ring substituents is 1. The summed E-state index contributed by atoms with van der Waals surface area (Å²) in [5, 5.41) is 23.2. The fourth-order valence-corrected chi connectivity index (χ4v) is 2.34. The molecule has 1 aromatic carbocycles. The van der Waals surface area contributed by atoms with Crippen molar-refractivity contribution in [1.29, 1.82) is 0 Å². The van der Waals surface area contributed by atoms with Crippen molar-refractivity contribution in [3.8, 4) is 0 Å². The van der Waals surface area contributed by atoms with Gasteiger partial charge < -0.3 is 21.3 Å². The van der Waals surface area contributed by atoms with Gasteiger partial charge in [-0.1, -0.05) is 12.1 Å². The van der Waals surface area contributed by atoms with Crippen molar-refractivity contribution in [3.63, 3.8) is 0 Å². The summed E-state index contributed by atoms with van der Waals surface area (Å²) in [6, 6.07) is 6.53. The summed E-state index contributed by atoms with van der Waals surface area (Å²) in [7, 11) is 0. The Hall–Kier alpha value is -2.11. The van der Waals surface area contributed by atoms with Crippen LogP contribution in [0.15, 0.2) is 29.3 Å². The van der Waals surface area contributed by atoms with Gasteiger partial charge in [0.25, 0.3) is 5.69 Å². The molecule has 1 aliphatic carbocycles. The van der Waals surface area contributed by atoms with Crippen LogP contribution in [0.4, 0.5) is 11.4 Å². The predicted molar refractivity (Wildman–Crippen MR) is 117 cm³/mol. The number of anilines is 1. The molecule has 4 N–H and O–H groups in total. The Morgan fingerprint density at radius 3 is 2.56 bits per heavy atom. The van der Waals surface area contributed by atoms with Crippen LogP contribution in [-0.2, 0) is 4.79 Å². The summed E-state index contributed by atoms with van der Waals surface area (Å²) in [6.45, 7) is 4.75. The van der Waals surface area contributed by atoms with E-state index >= 15 is 0 Å². The third-order valence-corrected chi connectivity index (χ3v) is 3.81. The van der Waals surface area contributed by atoms with E-state index in [2.05, 4.69) is 26.3 Å². The molecule has 0 atom stereocenters. The number of hydrogen-bond acceptors (Lipinski definition) is 5. The van der Waals surface area contributed by atoms with Gasteiger partial charge in [0, 0.05) is 38.2 Å². The molecule has 0 unspecified atom stereocenters. The van der Waals surface area contributed by atoms with E-state index in [-0.39, 0.29) is 41.5 Å². The summed E-state index contributed by atoms with van der Waals surface area (Å²) in [5.74, 6) is 0.991. The van der Waals surface area contributed by atoms with E-state index in [0.717, 1.165) is 19.4 Å². The van der Waals surface area contributed by atoms with Crippen LogP contribution in [0, 0.1) is 16.0 Å². The van der Waals surface area contributed by atoms with E-state index in [9.17, 15) is 14.9 Å². The molecule has 0 radical (unpaired) electrons. The van der Waals surface area contributed by atoms with Crippen molar-refractivity contribution < 1.29 is 9.72 Å². The molecule has 1 aliphatic rings. The maximum atomic E-state index is 11.6. The maximum Gasteiger partial charge on any atom is 0.292 e. The van der Waals surface area contributed by atoms with Crippen LogP contribution in [0.2, 0.25) is 0 Å². The fraction of sp³-hybridized carbons (Fsp3) is 0.529. The number of nitrogens with one attached hydrogen (secondary N) is 4. The standard InChI is InChI=1S/C17H26N6O3.HI/c1-2-18-17(22-12-10-20-16(24)13-7-8-13)21-11-9-19-14-5-3-4-6-15(14)23(25)26;/h3-6,13,19H,2,7-12H2,1H3,(H,20,24)(H2,18,21,22);1H. The lowest BCUT2D eigenvalue weighted by Gasteiger charge is -2.12. The van der Waals surface area contributed by atoms with Crippen LogP contribution in [0.3, 0.4) is 0 Å². The van der Waals surface area contributed by atoms with Crippen molar-refractivity contribution in [2.24, 2.45) is 10.9 Å². The first-order valence-corrected chi connectivity index (χ1v) is 8.89. The van der Waals surface area contributed by atoms with Gasteiger partial charge in [-0.3, -0.25) is 19.9 Å². The maximum absolute atomic E-state index is 11.6. The number of rotatable bonds is 10. The summed E-state index contributed by atoms with van der Waals surface area (Å²) < 4.78 is 0. The molecule has 1 aromatic rings. The molecule has 9 nitrogen and oxygen atoms in total. The van der Waals surface area contributed by atoms with E-state index in [1.807, 2.05) is 6.92 Å². The van der Waals surface area contributed by atoms with Crippen molar-refractivity contribution in [1.82, 2.24) is 16.0 Å². The number of amides is 1. The number of hydrogen-bond donors (Lipinski definition) is 4. The topological polar surface area (TPSA) is 121 Å². The Morgan fingerprint density at radius 2 is 1.89 bits per heavy atom.